The number of hydrogen-bond donors (Lipinski definition) is 2. The Labute approximate surface area is 169 Å². The van der Waals surface area contributed by atoms with Gasteiger partial charge in [0.25, 0.3) is 5.91 Å². The van der Waals surface area contributed by atoms with Gasteiger partial charge in [-0.3, -0.25) is 4.79 Å². The number of carbonyl (C=O) groups excluding carboxylic acids is 1. The van der Waals surface area contributed by atoms with Crippen LogP contribution in [0.2, 0.25) is 0 Å². The number of anilines is 3. The highest BCUT2D eigenvalue weighted by Crippen LogP contribution is 2.21. The number of amides is 1. The monoisotopic (exact) mass is 380 g/mol. The van der Waals surface area contributed by atoms with E-state index in [0.29, 0.717) is 11.4 Å². The summed E-state index contributed by atoms with van der Waals surface area (Å²) < 4.78 is 0. The summed E-state index contributed by atoms with van der Waals surface area (Å²) in [6, 6.07) is 26.8. The number of carbonyl (C=O) groups is 1. The summed E-state index contributed by atoms with van der Waals surface area (Å²) in [6.45, 7) is 1.97. The van der Waals surface area contributed by atoms with Gasteiger partial charge in [-0.25, -0.2) is 9.97 Å². The molecule has 0 saturated heterocycles. The van der Waals surface area contributed by atoms with Gasteiger partial charge in [0.15, 0.2) is 0 Å². The molecule has 0 aliphatic carbocycles. The topological polar surface area (TPSA) is 66.9 Å². The van der Waals surface area contributed by atoms with Crippen molar-refractivity contribution in [1.82, 2.24) is 9.97 Å². The van der Waals surface area contributed by atoms with Crippen molar-refractivity contribution in [3.63, 3.8) is 0 Å². The van der Waals surface area contributed by atoms with Gasteiger partial charge in [0.1, 0.15) is 12.1 Å². The lowest BCUT2D eigenvalue weighted by atomic mass is 10.1. The smallest absolute Gasteiger partial charge is 0.255 e. The second-order valence-corrected chi connectivity index (χ2v) is 6.63. The second-order valence-electron chi connectivity index (χ2n) is 6.63. The van der Waals surface area contributed by atoms with Gasteiger partial charge in [-0.05, 0) is 42.8 Å². The summed E-state index contributed by atoms with van der Waals surface area (Å²) in [6.07, 6.45) is 1.54. The molecule has 0 unspecified atom stereocenters. The minimum atomic E-state index is -0.140. The zero-order chi connectivity index (χ0) is 20.1. The molecule has 0 atom stereocenters. The number of para-hydroxylation sites is 1. The Morgan fingerprint density at radius 2 is 1.55 bits per heavy atom. The first-order valence-corrected chi connectivity index (χ1v) is 9.30. The zero-order valence-electron chi connectivity index (χ0n) is 16.0. The largest absolute Gasteiger partial charge is 0.340 e. The number of benzene rings is 3. The van der Waals surface area contributed by atoms with E-state index in [1.54, 1.807) is 12.1 Å². The van der Waals surface area contributed by atoms with E-state index in [0.717, 1.165) is 28.2 Å². The Morgan fingerprint density at radius 3 is 2.31 bits per heavy atom. The molecule has 0 bridgehead atoms. The molecule has 4 rings (SSSR count). The first-order chi connectivity index (χ1) is 14.2. The first-order valence-electron chi connectivity index (χ1n) is 9.30. The number of aryl methyl sites for hydroxylation is 1. The van der Waals surface area contributed by atoms with Crippen LogP contribution in [0.1, 0.15) is 15.9 Å². The highest BCUT2D eigenvalue weighted by atomic mass is 16.1. The predicted octanol–water partition coefficient (Wildman–Crippen LogP) is 5.45. The van der Waals surface area contributed by atoms with Crippen LogP contribution < -0.4 is 10.6 Å². The molecular formula is C24H20N4O. The van der Waals surface area contributed by atoms with Gasteiger partial charge in [0, 0.05) is 28.6 Å². The van der Waals surface area contributed by atoms with Gasteiger partial charge in [0.05, 0.1) is 5.69 Å². The van der Waals surface area contributed by atoms with Crippen molar-refractivity contribution in [2.75, 3.05) is 10.6 Å². The number of aromatic nitrogens is 2. The predicted molar refractivity (Wildman–Crippen MR) is 116 cm³/mol. The molecule has 5 nitrogen and oxygen atoms in total. The molecule has 2 N–H and O–H groups in total. The Hall–Kier alpha value is -3.99. The average molecular weight is 380 g/mol. The third-order valence-corrected chi connectivity index (χ3v) is 4.55. The van der Waals surface area contributed by atoms with Crippen molar-refractivity contribution in [1.29, 1.82) is 0 Å². The molecule has 0 fully saturated rings. The standard InChI is InChI=1S/C24H20N4O/c1-17-7-5-6-10-21(17)28-24(29)19-11-13-20(14-12-19)27-23-15-22(25-16-26-23)18-8-3-2-4-9-18/h2-16H,1H3,(H,28,29)(H,25,26,27). The van der Waals surface area contributed by atoms with Gasteiger partial charge in [-0.15, -0.1) is 0 Å². The third-order valence-electron chi connectivity index (χ3n) is 4.55. The molecule has 0 aliphatic rings. The fourth-order valence-electron chi connectivity index (χ4n) is 2.95. The van der Waals surface area contributed by atoms with Crippen LogP contribution in [0.5, 0.6) is 0 Å². The maximum Gasteiger partial charge on any atom is 0.255 e. The fraction of sp³-hybridized carbons (Fsp3) is 0.0417. The van der Waals surface area contributed by atoms with Crippen LogP contribution in [-0.4, -0.2) is 15.9 Å². The van der Waals surface area contributed by atoms with E-state index in [9.17, 15) is 4.79 Å². The van der Waals surface area contributed by atoms with Crippen LogP contribution in [0.3, 0.4) is 0 Å². The lowest BCUT2D eigenvalue weighted by Crippen LogP contribution is -2.12. The summed E-state index contributed by atoms with van der Waals surface area (Å²) in [5, 5.41) is 6.20. The Bertz CT molecular complexity index is 1120. The summed E-state index contributed by atoms with van der Waals surface area (Å²) in [4.78, 5) is 21.1. The molecule has 142 valence electrons. The van der Waals surface area contributed by atoms with E-state index in [4.69, 9.17) is 0 Å². The van der Waals surface area contributed by atoms with Crippen molar-refractivity contribution in [2.24, 2.45) is 0 Å². The quantitative estimate of drug-likeness (QED) is 0.483. The molecule has 1 amide bonds. The number of hydrogen-bond acceptors (Lipinski definition) is 4. The molecule has 0 aliphatic heterocycles. The van der Waals surface area contributed by atoms with E-state index >= 15 is 0 Å². The highest BCUT2D eigenvalue weighted by Gasteiger charge is 2.08. The lowest BCUT2D eigenvalue weighted by molar-refractivity contribution is 0.102. The summed E-state index contributed by atoms with van der Waals surface area (Å²) in [7, 11) is 0. The van der Waals surface area contributed by atoms with E-state index in [1.807, 2.05) is 79.7 Å². The first kappa shape index (κ1) is 18.4. The molecule has 5 heteroatoms. The van der Waals surface area contributed by atoms with Crippen molar-refractivity contribution >= 4 is 23.1 Å². The fourth-order valence-corrected chi connectivity index (χ4v) is 2.95. The van der Waals surface area contributed by atoms with Gasteiger partial charge >= 0.3 is 0 Å². The minimum Gasteiger partial charge on any atom is -0.340 e. The Balaban J connectivity index is 1.46. The third kappa shape index (κ3) is 4.47. The molecule has 4 aromatic rings. The molecule has 0 spiro atoms. The van der Waals surface area contributed by atoms with Gasteiger partial charge in [-0.2, -0.15) is 0 Å². The lowest BCUT2D eigenvalue weighted by Gasteiger charge is -2.10. The SMILES string of the molecule is Cc1ccccc1NC(=O)c1ccc(Nc2cc(-c3ccccc3)ncn2)cc1. The van der Waals surface area contributed by atoms with E-state index in [1.165, 1.54) is 6.33 Å². The Morgan fingerprint density at radius 1 is 0.828 bits per heavy atom. The maximum absolute atomic E-state index is 12.5. The highest BCUT2D eigenvalue weighted by molar-refractivity contribution is 6.04. The molecular weight excluding hydrogens is 360 g/mol. The van der Waals surface area contributed by atoms with E-state index in [-0.39, 0.29) is 5.91 Å². The van der Waals surface area contributed by atoms with Crippen LogP contribution in [0.25, 0.3) is 11.3 Å². The van der Waals surface area contributed by atoms with E-state index in [2.05, 4.69) is 20.6 Å². The van der Waals surface area contributed by atoms with Gasteiger partial charge in [0.2, 0.25) is 0 Å². The zero-order valence-corrected chi connectivity index (χ0v) is 16.0. The molecule has 29 heavy (non-hydrogen) atoms. The molecule has 0 saturated carbocycles. The normalized spacial score (nSPS) is 10.4. The van der Waals surface area contributed by atoms with Crippen molar-refractivity contribution in [2.45, 2.75) is 6.92 Å². The summed E-state index contributed by atoms with van der Waals surface area (Å²) in [5.41, 5.74) is 5.14. The van der Waals surface area contributed by atoms with Crippen molar-refractivity contribution < 1.29 is 4.79 Å². The van der Waals surface area contributed by atoms with Crippen LogP contribution >= 0.6 is 0 Å². The minimum absolute atomic E-state index is 0.140. The molecule has 0 radical (unpaired) electrons. The number of nitrogens with one attached hydrogen (secondary N) is 2. The van der Waals surface area contributed by atoms with Gasteiger partial charge in [-0.1, -0.05) is 48.5 Å². The van der Waals surface area contributed by atoms with Crippen LogP contribution in [0, 0.1) is 6.92 Å². The summed E-state index contributed by atoms with van der Waals surface area (Å²) in [5.74, 6) is 0.551. The van der Waals surface area contributed by atoms with Gasteiger partial charge < -0.3 is 10.6 Å². The average Bonchev–Trinajstić information content (AvgIpc) is 2.77. The van der Waals surface area contributed by atoms with Crippen LogP contribution in [0.15, 0.2) is 91.3 Å². The molecule has 1 aromatic heterocycles. The van der Waals surface area contributed by atoms with E-state index < -0.39 is 0 Å². The molecule has 3 aromatic carbocycles. The molecule has 1 heterocycles. The van der Waals surface area contributed by atoms with Crippen LogP contribution in [-0.2, 0) is 0 Å². The Kier molecular flexibility index (Phi) is 5.29. The van der Waals surface area contributed by atoms with Crippen LogP contribution in [0.4, 0.5) is 17.2 Å². The number of rotatable bonds is 5. The number of nitrogens with zero attached hydrogens (tertiary/aromatic N) is 2. The summed E-state index contributed by atoms with van der Waals surface area (Å²) >= 11 is 0. The van der Waals surface area contributed by atoms with Crippen molar-refractivity contribution in [3.8, 4) is 11.3 Å². The second kappa shape index (κ2) is 8.35. The van der Waals surface area contributed by atoms with Crippen molar-refractivity contribution in [3.05, 3.63) is 102 Å². The maximum atomic E-state index is 12.5.